The van der Waals surface area contributed by atoms with Crippen LogP contribution in [0.3, 0.4) is 0 Å². The fraction of sp³-hybridized carbons (Fsp3) is 0.381. The highest BCUT2D eigenvalue weighted by Gasteiger charge is 2.18. The summed E-state index contributed by atoms with van der Waals surface area (Å²) in [6.45, 7) is 6.97. The molecule has 0 radical (unpaired) electrons. The number of benzene rings is 2. The fourth-order valence-electron chi connectivity index (χ4n) is 3.34. The van der Waals surface area contributed by atoms with E-state index < -0.39 is 0 Å². The lowest BCUT2D eigenvalue weighted by atomic mass is 10.2. The summed E-state index contributed by atoms with van der Waals surface area (Å²) in [5.74, 6) is -0.0825. The topological polar surface area (TPSA) is 35.6 Å². The lowest BCUT2D eigenvalue weighted by Crippen LogP contribution is -2.36. The standard InChI is InChI=1S/C21H25Cl2N3O/c1-16-8-9-18(22)21(20(16)23)24-19(27)15-26-11-5-10-25(12-13-26)14-17-6-3-2-4-7-17/h2-4,6-9H,5,10-15H2,1H3,(H,24,27). The van der Waals surface area contributed by atoms with Crippen LogP contribution in [0.15, 0.2) is 42.5 Å². The van der Waals surface area contributed by atoms with E-state index in [2.05, 4.69) is 39.4 Å². The molecular formula is C21H25Cl2N3O. The van der Waals surface area contributed by atoms with E-state index in [0.717, 1.165) is 44.7 Å². The molecular weight excluding hydrogens is 381 g/mol. The average molecular weight is 406 g/mol. The first kappa shape index (κ1) is 20.2. The predicted octanol–water partition coefficient (Wildman–Crippen LogP) is 4.45. The minimum absolute atomic E-state index is 0.0825. The van der Waals surface area contributed by atoms with Crippen molar-refractivity contribution >= 4 is 34.8 Å². The van der Waals surface area contributed by atoms with Crippen LogP contribution in [-0.4, -0.2) is 48.4 Å². The zero-order valence-electron chi connectivity index (χ0n) is 15.5. The summed E-state index contributed by atoms with van der Waals surface area (Å²) >= 11 is 12.5. The summed E-state index contributed by atoms with van der Waals surface area (Å²) in [6, 6.07) is 14.1. The molecule has 6 heteroatoms. The van der Waals surface area contributed by atoms with Crippen molar-refractivity contribution < 1.29 is 4.79 Å². The molecule has 1 N–H and O–H groups in total. The molecule has 0 saturated carbocycles. The fourth-order valence-corrected chi connectivity index (χ4v) is 3.80. The molecule has 27 heavy (non-hydrogen) atoms. The molecule has 2 aromatic carbocycles. The van der Waals surface area contributed by atoms with Crippen molar-refractivity contribution in [2.75, 3.05) is 38.0 Å². The number of aryl methyl sites for hydroxylation is 1. The molecule has 0 atom stereocenters. The second-order valence-electron chi connectivity index (χ2n) is 6.99. The molecule has 0 spiro atoms. The molecule has 1 aliphatic heterocycles. The number of carbonyl (C=O) groups is 1. The van der Waals surface area contributed by atoms with E-state index in [1.165, 1.54) is 5.56 Å². The van der Waals surface area contributed by atoms with Crippen LogP contribution >= 0.6 is 23.2 Å². The minimum atomic E-state index is -0.0825. The van der Waals surface area contributed by atoms with E-state index in [9.17, 15) is 4.79 Å². The first-order valence-corrected chi connectivity index (χ1v) is 10.0. The Morgan fingerprint density at radius 1 is 1.00 bits per heavy atom. The number of rotatable bonds is 5. The number of hydrogen-bond donors (Lipinski definition) is 1. The number of hydrogen-bond acceptors (Lipinski definition) is 3. The summed E-state index contributed by atoms with van der Waals surface area (Å²) in [6.07, 6.45) is 1.05. The maximum Gasteiger partial charge on any atom is 0.238 e. The number of nitrogens with zero attached hydrogens (tertiary/aromatic N) is 2. The molecule has 0 aliphatic carbocycles. The van der Waals surface area contributed by atoms with Crippen LogP contribution in [-0.2, 0) is 11.3 Å². The largest absolute Gasteiger partial charge is 0.322 e. The molecule has 1 amide bonds. The number of carbonyl (C=O) groups excluding carboxylic acids is 1. The van der Waals surface area contributed by atoms with E-state index in [-0.39, 0.29) is 5.91 Å². The highest BCUT2D eigenvalue weighted by molar-refractivity contribution is 6.40. The Morgan fingerprint density at radius 2 is 1.70 bits per heavy atom. The molecule has 4 nitrogen and oxygen atoms in total. The van der Waals surface area contributed by atoms with Gasteiger partial charge in [-0.15, -0.1) is 0 Å². The first-order chi connectivity index (χ1) is 13.0. The highest BCUT2D eigenvalue weighted by Crippen LogP contribution is 2.32. The van der Waals surface area contributed by atoms with Crippen LogP contribution in [0.1, 0.15) is 17.5 Å². The maximum atomic E-state index is 12.5. The van der Waals surface area contributed by atoms with E-state index in [4.69, 9.17) is 23.2 Å². The Morgan fingerprint density at radius 3 is 2.48 bits per heavy atom. The number of halogens is 2. The summed E-state index contributed by atoms with van der Waals surface area (Å²) in [5, 5.41) is 3.84. The van der Waals surface area contributed by atoms with Crippen LogP contribution < -0.4 is 5.32 Å². The van der Waals surface area contributed by atoms with Crippen molar-refractivity contribution in [1.82, 2.24) is 9.80 Å². The molecule has 1 saturated heterocycles. The van der Waals surface area contributed by atoms with Gasteiger partial charge in [0.1, 0.15) is 0 Å². The van der Waals surface area contributed by atoms with Gasteiger partial charge in [0.15, 0.2) is 0 Å². The first-order valence-electron chi connectivity index (χ1n) is 9.26. The third kappa shape index (κ3) is 5.69. The van der Waals surface area contributed by atoms with Crippen LogP contribution in [0.2, 0.25) is 10.0 Å². The van der Waals surface area contributed by atoms with E-state index >= 15 is 0 Å². The molecule has 1 fully saturated rings. The van der Waals surface area contributed by atoms with Gasteiger partial charge in [-0.05, 0) is 43.6 Å². The zero-order valence-corrected chi connectivity index (χ0v) is 17.1. The summed E-state index contributed by atoms with van der Waals surface area (Å²) in [5.41, 5.74) is 2.72. The van der Waals surface area contributed by atoms with Crippen LogP contribution in [0.25, 0.3) is 0 Å². The Bertz CT molecular complexity index is 782. The van der Waals surface area contributed by atoms with Gasteiger partial charge in [-0.2, -0.15) is 0 Å². The van der Waals surface area contributed by atoms with E-state index in [0.29, 0.717) is 22.3 Å². The lowest BCUT2D eigenvalue weighted by Gasteiger charge is -2.22. The van der Waals surface area contributed by atoms with Crippen molar-refractivity contribution in [2.45, 2.75) is 19.9 Å². The van der Waals surface area contributed by atoms with Crippen LogP contribution in [0, 0.1) is 6.92 Å². The second kappa shape index (κ2) is 9.56. The molecule has 3 rings (SSSR count). The smallest absolute Gasteiger partial charge is 0.238 e. The molecule has 0 unspecified atom stereocenters. The van der Waals surface area contributed by atoms with E-state index in [1.54, 1.807) is 6.07 Å². The lowest BCUT2D eigenvalue weighted by molar-refractivity contribution is -0.117. The SMILES string of the molecule is Cc1ccc(Cl)c(NC(=O)CN2CCCN(Cc3ccccc3)CC2)c1Cl. The third-order valence-corrected chi connectivity index (χ3v) is 5.65. The molecule has 1 aliphatic rings. The van der Waals surface area contributed by atoms with Crippen molar-refractivity contribution in [3.8, 4) is 0 Å². The normalized spacial score (nSPS) is 16.1. The molecule has 0 aromatic heterocycles. The van der Waals surface area contributed by atoms with Gasteiger partial charge in [-0.1, -0.05) is 59.6 Å². The summed E-state index contributed by atoms with van der Waals surface area (Å²) < 4.78 is 0. The Kier molecular flexibility index (Phi) is 7.13. The summed E-state index contributed by atoms with van der Waals surface area (Å²) in [4.78, 5) is 17.1. The number of nitrogens with one attached hydrogen (secondary N) is 1. The van der Waals surface area contributed by atoms with Crippen molar-refractivity contribution in [1.29, 1.82) is 0 Å². The van der Waals surface area contributed by atoms with Gasteiger partial charge in [0, 0.05) is 19.6 Å². The third-order valence-electron chi connectivity index (χ3n) is 4.85. The Balaban J connectivity index is 1.53. The Labute approximate surface area is 171 Å². The van der Waals surface area contributed by atoms with Gasteiger partial charge in [0.2, 0.25) is 5.91 Å². The number of amides is 1. The van der Waals surface area contributed by atoms with Crippen molar-refractivity contribution in [2.24, 2.45) is 0 Å². The van der Waals surface area contributed by atoms with Gasteiger partial charge in [0.25, 0.3) is 0 Å². The molecule has 144 valence electrons. The van der Waals surface area contributed by atoms with Gasteiger partial charge >= 0.3 is 0 Å². The predicted molar refractivity (Wildman–Crippen MR) is 113 cm³/mol. The molecule has 0 bridgehead atoms. The summed E-state index contributed by atoms with van der Waals surface area (Å²) in [7, 11) is 0. The van der Waals surface area contributed by atoms with Crippen LogP contribution in [0.4, 0.5) is 5.69 Å². The molecule has 2 aromatic rings. The molecule has 1 heterocycles. The van der Waals surface area contributed by atoms with Crippen molar-refractivity contribution in [3.05, 3.63) is 63.6 Å². The monoisotopic (exact) mass is 405 g/mol. The highest BCUT2D eigenvalue weighted by atomic mass is 35.5. The minimum Gasteiger partial charge on any atom is -0.322 e. The number of anilines is 1. The van der Waals surface area contributed by atoms with Crippen molar-refractivity contribution in [3.63, 3.8) is 0 Å². The van der Waals surface area contributed by atoms with E-state index in [1.807, 2.05) is 19.1 Å². The van der Waals surface area contributed by atoms with Gasteiger partial charge < -0.3 is 5.32 Å². The van der Waals surface area contributed by atoms with Gasteiger partial charge in [-0.25, -0.2) is 0 Å². The maximum absolute atomic E-state index is 12.5. The average Bonchev–Trinajstić information content (AvgIpc) is 2.88. The Hall–Kier alpha value is -1.59. The van der Waals surface area contributed by atoms with Crippen LogP contribution in [0.5, 0.6) is 0 Å². The quantitative estimate of drug-likeness (QED) is 0.797. The second-order valence-corrected chi connectivity index (χ2v) is 7.78. The van der Waals surface area contributed by atoms with Gasteiger partial charge in [0.05, 0.1) is 22.3 Å². The van der Waals surface area contributed by atoms with Gasteiger partial charge in [-0.3, -0.25) is 14.6 Å². The zero-order chi connectivity index (χ0) is 19.2.